The smallest absolute Gasteiger partial charge is 0.0396 e. The molecular weight excluding hydrogens is 126 g/mol. The molecule has 0 fully saturated rings. The van der Waals surface area contributed by atoms with Gasteiger partial charge in [-0.3, -0.25) is 0 Å². The molecule has 0 aromatic carbocycles. The van der Waals surface area contributed by atoms with Crippen molar-refractivity contribution >= 4 is 6.72 Å². The van der Waals surface area contributed by atoms with Crippen LogP contribution in [0.15, 0.2) is 4.99 Å². The van der Waals surface area contributed by atoms with E-state index >= 15 is 0 Å². The normalized spacial score (nSPS) is 13.0. The highest BCUT2D eigenvalue weighted by atomic mass is 14.8. The maximum atomic E-state index is 5.72. The van der Waals surface area contributed by atoms with Gasteiger partial charge in [-0.25, -0.2) is 0 Å². The van der Waals surface area contributed by atoms with E-state index in [1.807, 2.05) is 7.05 Å². The lowest BCUT2D eigenvalue weighted by molar-refractivity contribution is 0.558. The average Bonchev–Trinajstić information content (AvgIpc) is 1.97. The van der Waals surface area contributed by atoms with Crippen molar-refractivity contribution < 1.29 is 0 Å². The number of nitrogens with two attached hydrogens (primary N) is 1. The zero-order chi connectivity index (χ0) is 7.82. The Kier molecular flexibility index (Phi) is 6.43. The molecule has 3 N–H and O–H groups in total. The van der Waals surface area contributed by atoms with Crippen LogP contribution >= 0.6 is 0 Å². The Labute approximate surface area is 62.7 Å². The van der Waals surface area contributed by atoms with Gasteiger partial charge >= 0.3 is 0 Å². The molecule has 3 heteroatoms. The first-order valence-electron chi connectivity index (χ1n) is 3.64. The van der Waals surface area contributed by atoms with Gasteiger partial charge in [-0.1, -0.05) is 0 Å². The third kappa shape index (κ3) is 5.72. The van der Waals surface area contributed by atoms with E-state index in [9.17, 15) is 0 Å². The summed E-state index contributed by atoms with van der Waals surface area (Å²) in [7, 11) is 1.93. The molecule has 0 aromatic rings. The number of rotatable bonds is 6. The topological polar surface area (TPSA) is 50.4 Å². The van der Waals surface area contributed by atoms with Crippen molar-refractivity contribution in [1.82, 2.24) is 5.32 Å². The molecule has 0 bridgehead atoms. The zero-order valence-electron chi connectivity index (χ0n) is 6.64. The van der Waals surface area contributed by atoms with Crippen LogP contribution in [-0.4, -0.2) is 32.9 Å². The lowest BCUT2D eigenvalue weighted by Gasteiger charge is -2.08. The van der Waals surface area contributed by atoms with Gasteiger partial charge in [0.1, 0.15) is 0 Å². The minimum Gasteiger partial charge on any atom is -0.328 e. The predicted molar refractivity (Wildman–Crippen MR) is 45.6 cm³/mol. The Hall–Kier alpha value is -0.410. The minimum atomic E-state index is 0.276. The average molecular weight is 143 g/mol. The minimum absolute atomic E-state index is 0.276. The molecule has 1 unspecified atom stereocenters. The summed E-state index contributed by atoms with van der Waals surface area (Å²) in [5.74, 6) is 0. The monoisotopic (exact) mass is 143 g/mol. The molecule has 0 aliphatic rings. The molecule has 0 spiro atoms. The van der Waals surface area contributed by atoms with Crippen molar-refractivity contribution in [2.75, 3.05) is 20.1 Å². The van der Waals surface area contributed by atoms with Gasteiger partial charge < -0.3 is 16.0 Å². The van der Waals surface area contributed by atoms with Crippen molar-refractivity contribution in [2.24, 2.45) is 10.7 Å². The molecule has 0 amide bonds. The summed E-state index contributed by atoms with van der Waals surface area (Å²) < 4.78 is 0. The van der Waals surface area contributed by atoms with Gasteiger partial charge in [0.15, 0.2) is 0 Å². The van der Waals surface area contributed by atoms with Crippen molar-refractivity contribution in [3.63, 3.8) is 0 Å². The molecule has 0 aliphatic heterocycles. The van der Waals surface area contributed by atoms with E-state index in [1.54, 1.807) is 0 Å². The summed E-state index contributed by atoms with van der Waals surface area (Å²) in [6.07, 6.45) is 1.97. The van der Waals surface area contributed by atoms with Crippen LogP contribution in [0.25, 0.3) is 0 Å². The maximum absolute atomic E-state index is 5.72. The first kappa shape index (κ1) is 9.59. The van der Waals surface area contributed by atoms with Crippen LogP contribution in [0.2, 0.25) is 0 Å². The first-order valence-corrected chi connectivity index (χ1v) is 3.64. The largest absolute Gasteiger partial charge is 0.328 e. The zero-order valence-corrected chi connectivity index (χ0v) is 6.64. The summed E-state index contributed by atoms with van der Waals surface area (Å²) in [5.41, 5.74) is 5.72. The lowest BCUT2D eigenvalue weighted by Crippen LogP contribution is -2.25. The lowest BCUT2D eigenvalue weighted by atomic mass is 10.1. The summed E-state index contributed by atoms with van der Waals surface area (Å²) in [5, 5.41) is 3.05. The number of nitrogens with one attached hydrogen (secondary N) is 1. The molecule has 3 nitrogen and oxygen atoms in total. The SMILES string of the molecule is C=NCCC(N)CCNC. The molecule has 1 atom stereocenters. The van der Waals surface area contributed by atoms with Crippen molar-refractivity contribution in [1.29, 1.82) is 0 Å². The number of nitrogens with zero attached hydrogens (tertiary/aromatic N) is 1. The van der Waals surface area contributed by atoms with E-state index in [0.717, 1.165) is 25.9 Å². The number of hydrogen-bond acceptors (Lipinski definition) is 3. The van der Waals surface area contributed by atoms with Gasteiger partial charge in [0.05, 0.1) is 0 Å². The molecule has 0 aliphatic carbocycles. The van der Waals surface area contributed by atoms with Crippen molar-refractivity contribution in [2.45, 2.75) is 18.9 Å². The molecular formula is C7H17N3. The molecule has 0 saturated carbocycles. The fourth-order valence-corrected chi connectivity index (χ4v) is 0.731. The van der Waals surface area contributed by atoms with Crippen LogP contribution in [0, 0.1) is 0 Å². The maximum Gasteiger partial charge on any atom is 0.0396 e. The molecule has 0 heterocycles. The van der Waals surface area contributed by atoms with Gasteiger partial charge in [-0.05, 0) is 33.2 Å². The molecule has 0 aromatic heterocycles. The first-order chi connectivity index (χ1) is 4.81. The quantitative estimate of drug-likeness (QED) is 0.515. The van der Waals surface area contributed by atoms with Crippen LogP contribution < -0.4 is 11.1 Å². The summed E-state index contributed by atoms with van der Waals surface area (Å²) in [6.45, 7) is 5.16. The molecule has 0 saturated heterocycles. The van der Waals surface area contributed by atoms with Gasteiger partial charge in [0.2, 0.25) is 0 Å². The van der Waals surface area contributed by atoms with E-state index < -0.39 is 0 Å². The highest BCUT2D eigenvalue weighted by Gasteiger charge is 1.98. The number of aliphatic imine (C=N–C) groups is 1. The standard InChI is InChI=1S/C7H17N3/c1-9-5-3-7(8)4-6-10-2/h7,10H,1,3-6,8H2,2H3. The number of hydrogen-bond donors (Lipinski definition) is 2. The van der Waals surface area contributed by atoms with Crippen LogP contribution in [0.5, 0.6) is 0 Å². The molecule has 0 radical (unpaired) electrons. The fraction of sp³-hybridized carbons (Fsp3) is 0.857. The van der Waals surface area contributed by atoms with E-state index in [0.29, 0.717) is 0 Å². The Morgan fingerprint density at radius 2 is 2.30 bits per heavy atom. The second-order valence-corrected chi connectivity index (χ2v) is 2.39. The second-order valence-electron chi connectivity index (χ2n) is 2.39. The second kappa shape index (κ2) is 6.71. The highest BCUT2D eigenvalue weighted by molar-refractivity contribution is 5.23. The molecule has 60 valence electrons. The van der Waals surface area contributed by atoms with Crippen molar-refractivity contribution in [3.8, 4) is 0 Å². The van der Waals surface area contributed by atoms with E-state index in [-0.39, 0.29) is 6.04 Å². The van der Waals surface area contributed by atoms with Gasteiger partial charge in [-0.15, -0.1) is 0 Å². The fourth-order valence-electron chi connectivity index (χ4n) is 0.731. The Balaban J connectivity index is 3.07. The summed E-state index contributed by atoms with van der Waals surface area (Å²) in [6, 6.07) is 0.276. The van der Waals surface area contributed by atoms with Crippen LogP contribution in [0.4, 0.5) is 0 Å². The third-order valence-corrected chi connectivity index (χ3v) is 1.42. The van der Waals surface area contributed by atoms with Gasteiger partial charge in [-0.2, -0.15) is 0 Å². The van der Waals surface area contributed by atoms with E-state index in [4.69, 9.17) is 5.73 Å². The van der Waals surface area contributed by atoms with Crippen molar-refractivity contribution in [3.05, 3.63) is 0 Å². The molecule has 10 heavy (non-hydrogen) atoms. The van der Waals surface area contributed by atoms with E-state index in [1.165, 1.54) is 0 Å². The summed E-state index contributed by atoms with van der Waals surface area (Å²) >= 11 is 0. The Morgan fingerprint density at radius 3 is 2.80 bits per heavy atom. The highest BCUT2D eigenvalue weighted by Crippen LogP contribution is 1.92. The van der Waals surface area contributed by atoms with Gasteiger partial charge in [0.25, 0.3) is 0 Å². The van der Waals surface area contributed by atoms with Crippen LogP contribution in [0.1, 0.15) is 12.8 Å². The van der Waals surface area contributed by atoms with Gasteiger partial charge in [0, 0.05) is 12.6 Å². The Morgan fingerprint density at radius 1 is 1.60 bits per heavy atom. The van der Waals surface area contributed by atoms with E-state index in [2.05, 4.69) is 17.0 Å². The van der Waals surface area contributed by atoms with Crippen LogP contribution in [0.3, 0.4) is 0 Å². The Bertz CT molecular complexity index is 82.9. The predicted octanol–water partition coefficient (Wildman–Crippen LogP) is 0.0139. The van der Waals surface area contributed by atoms with Crippen LogP contribution in [-0.2, 0) is 0 Å². The third-order valence-electron chi connectivity index (χ3n) is 1.42. The summed E-state index contributed by atoms with van der Waals surface area (Å²) in [4.78, 5) is 3.73. The molecule has 0 rings (SSSR count).